The molecule has 20 heavy (non-hydrogen) atoms. The smallest absolute Gasteiger partial charge is 0.305 e. The van der Waals surface area contributed by atoms with Crippen molar-refractivity contribution in [2.45, 2.75) is 39.7 Å². The molecule has 0 saturated heterocycles. The molecular formula is C13H18ClN3O3. The van der Waals surface area contributed by atoms with Crippen molar-refractivity contribution in [3.8, 4) is 0 Å². The third-order valence-electron chi connectivity index (χ3n) is 2.48. The van der Waals surface area contributed by atoms with Gasteiger partial charge in [-0.05, 0) is 24.0 Å². The zero-order chi connectivity index (χ0) is 15.3. The molecule has 1 aromatic heterocycles. The summed E-state index contributed by atoms with van der Waals surface area (Å²) in [6, 6.07) is 2.44. The molecule has 1 aromatic rings. The van der Waals surface area contributed by atoms with Gasteiger partial charge in [-0.3, -0.25) is 9.59 Å². The summed E-state index contributed by atoms with van der Waals surface area (Å²) < 4.78 is 0. The number of halogens is 1. The maximum atomic E-state index is 12.0. The van der Waals surface area contributed by atoms with E-state index in [0.29, 0.717) is 6.42 Å². The van der Waals surface area contributed by atoms with E-state index in [2.05, 4.69) is 15.5 Å². The van der Waals surface area contributed by atoms with Crippen LogP contribution >= 0.6 is 11.6 Å². The van der Waals surface area contributed by atoms with E-state index >= 15 is 0 Å². The van der Waals surface area contributed by atoms with E-state index in [1.54, 1.807) is 0 Å². The van der Waals surface area contributed by atoms with Crippen LogP contribution in [-0.2, 0) is 4.79 Å². The van der Waals surface area contributed by atoms with E-state index in [9.17, 15) is 9.59 Å². The van der Waals surface area contributed by atoms with Crippen LogP contribution in [0.5, 0.6) is 0 Å². The van der Waals surface area contributed by atoms with Gasteiger partial charge in [0.1, 0.15) is 0 Å². The molecule has 0 spiro atoms. The van der Waals surface area contributed by atoms with Crippen LogP contribution < -0.4 is 5.32 Å². The lowest BCUT2D eigenvalue weighted by Gasteiger charge is -2.25. The predicted molar refractivity (Wildman–Crippen MR) is 74.6 cm³/mol. The highest BCUT2D eigenvalue weighted by Crippen LogP contribution is 2.22. The first-order valence-corrected chi connectivity index (χ1v) is 6.57. The van der Waals surface area contributed by atoms with Crippen molar-refractivity contribution in [1.82, 2.24) is 15.5 Å². The first-order chi connectivity index (χ1) is 9.17. The summed E-state index contributed by atoms with van der Waals surface area (Å²) in [5.41, 5.74) is 0.0118. The molecular weight excluding hydrogens is 282 g/mol. The van der Waals surface area contributed by atoms with Crippen molar-refractivity contribution in [2.75, 3.05) is 0 Å². The zero-order valence-corrected chi connectivity index (χ0v) is 12.4. The number of nitrogens with one attached hydrogen (secondary N) is 1. The largest absolute Gasteiger partial charge is 0.481 e. The lowest BCUT2D eigenvalue weighted by atomic mass is 9.87. The minimum absolute atomic E-state index is 0.0981. The average molecular weight is 300 g/mol. The maximum absolute atomic E-state index is 12.0. The molecule has 0 aliphatic carbocycles. The van der Waals surface area contributed by atoms with Gasteiger partial charge in [0.25, 0.3) is 5.91 Å². The zero-order valence-electron chi connectivity index (χ0n) is 11.7. The Labute approximate surface area is 122 Å². The Kier molecular flexibility index (Phi) is 5.44. The molecule has 0 radical (unpaired) electrons. The summed E-state index contributed by atoms with van der Waals surface area (Å²) in [6.45, 7) is 5.95. The molecule has 1 atom stereocenters. The fourth-order valence-corrected chi connectivity index (χ4v) is 1.92. The molecule has 0 fully saturated rings. The number of carbonyl (C=O) groups is 2. The average Bonchev–Trinajstić information content (AvgIpc) is 2.26. The summed E-state index contributed by atoms with van der Waals surface area (Å²) in [7, 11) is 0. The molecule has 1 rings (SSSR count). The van der Waals surface area contributed by atoms with E-state index in [1.165, 1.54) is 12.1 Å². The molecule has 0 aliphatic heterocycles. The Balaban J connectivity index is 2.75. The second-order valence-electron chi connectivity index (χ2n) is 5.77. The predicted octanol–water partition coefficient (Wildman–Crippen LogP) is 2.14. The van der Waals surface area contributed by atoms with E-state index in [1.807, 2.05) is 20.8 Å². The number of nitrogens with zero attached hydrogens (tertiary/aromatic N) is 2. The van der Waals surface area contributed by atoms with Crippen molar-refractivity contribution in [3.63, 3.8) is 0 Å². The van der Waals surface area contributed by atoms with Crippen LogP contribution in [0.2, 0.25) is 5.15 Å². The highest BCUT2D eigenvalue weighted by molar-refractivity contribution is 6.29. The standard InChI is InChI=1S/C13H18ClN3O3/c1-13(2,3)7-8(6-11(18)19)15-12(20)9-4-5-10(14)17-16-9/h4-5,8H,6-7H2,1-3H3,(H,15,20)(H,18,19). The van der Waals surface area contributed by atoms with Crippen molar-refractivity contribution in [1.29, 1.82) is 0 Å². The van der Waals surface area contributed by atoms with Crippen LogP contribution in [0.25, 0.3) is 0 Å². The van der Waals surface area contributed by atoms with Gasteiger partial charge in [-0.15, -0.1) is 10.2 Å². The Morgan fingerprint density at radius 3 is 2.45 bits per heavy atom. The summed E-state index contributed by atoms with van der Waals surface area (Å²) in [6.07, 6.45) is 0.413. The molecule has 0 saturated carbocycles. The van der Waals surface area contributed by atoms with Gasteiger partial charge in [0.2, 0.25) is 0 Å². The Morgan fingerprint density at radius 1 is 1.35 bits per heavy atom. The Bertz CT molecular complexity index is 483. The van der Waals surface area contributed by atoms with Crippen LogP contribution in [-0.4, -0.2) is 33.2 Å². The lowest BCUT2D eigenvalue weighted by molar-refractivity contribution is -0.137. The number of aromatic nitrogens is 2. The molecule has 0 bridgehead atoms. The minimum atomic E-state index is -0.957. The van der Waals surface area contributed by atoms with Gasteiger partial charge in [-0.25, -0.2) is 0 Å². The Morgan fingerprint density at radius 2 is 2.00 bits per heavy atom. The van der Waals surface area contributed by atoms with Crippen LogP contribution in [0, 0.1) is 5.41 Å². The van der Waals surface area contributed by atoms with Crippen molar-refractivity contribution < 1.29 is 14.7 Å². The van der Waals surface area contributed by atoms with Crippen LogP contribution in [0.4, 0.5) is 0 Å². The van der Waals surface area contributed by atoms with Gasteiger partial charge >= 0.3 is 5.97 Å². The van der Waals surface area contributed by atoms with Crippen LogP contribution in [0.3, 0.4) is 0 Å². The second kappa shape index (κ2) is 6.65. The number of hydrogen-bond donors (Lipinski definition) is 2. The monoisotopic (exact) mass is 299 g/mol. The fourth-order valence-electron chi connectivity index (χ4n) is 1.82. The Hall–Kier alpha value is -1.69. The van der Waals surface area contributed by atoms with Gasteiger partial charge in [0.05, 0.1) is 6.42 Å². The molecule has 0 aliphatic rings. The molecule has 1 amide bonds. The summed E-state index contributed by atoms with van der Waals surface area (Å²) >= 11 is 5.60. The van der Waals surface area contributed by atoms with Gasteiger partial charge in [0, 0.05) is 6.04 Å². The molecule has 0 aromatic carbocycles. The van der Waals surface area contributed by atoms with Crippen molar-refractivity contribution in [2.24, 2.45) is 5.41 Å². The number of amides is 1. The normalized spacial score (nSPS) is 12.8. The summed E-state index contributed by atoms with van der Waals surface area (Å²) in [5.74, 6) is -1.41. The highest BCUT2D eigenvalue weighted by Gasteiger charge is 2.23. The summed E-state index contributed by atoms with van der Waals surface area (Å²) in [4.78, 5) is 22.8. The van der Waals surface area contributed by atoms with E-state index < -0.39 is 17.9 Å². The molecule has 7 heteroatoms. The minimum Gasteiger partial charge on any atom is -0.481 e. The van der Waals surface area contributed by atoms with Gasteiger partial charge in [-0.2, -0.15) is 0 Å². The van der Waals surface area contributed by atoms with Gasteiger partial charge in [-0.1, -0.05) is 32.4 Å². The fraction of sp³-hybridized carbons (Fsp3) is 0.538. The third kappa shape index (κ3) is 5.97. The summed E-state index contributed by atoms with van der Waals surface area (Å²) in [5, 5.41) is 19.0. The van der Waals surface area contributed by atoms with E-state index in [0.717, 1.165) is 0 Å². The van der Waals surface area contributed by atoms with Crippen molar-refractivity contribution >= 4 is 23.5 Å². The number of carbonyl (C=O) groups excluding carboxylic acids is 1. The molecule has 1 heterocycles. The van der Waals surface area contributed by atoms with Crippen LogP contribution in [0.15, 0.2) is 12.1 Å². The first kappa shape index (κ1) is 16.4. The van der Waals surface area contributed by atoms with Crippen LogP contribution in [0.1, 0.15) is 44.1 Å². The number of carboxylic acid groups (broad SMARTS) is 1. The first-order valence-electron chi connectivity index (χ1n) is 6.19. The maximum Gasteiger partial charge on any atom is 0.305 e. The number of carboxylic acids is 1. The SMILES string of the molecule is CC(C)(C)CC(CC(=O)O)NC(=O)c1ccc(Cl)nn1. The number of aliphatic carboxylic acids is 1. The van der Waals surface area contributed by atoms with Crippen molar-refractivity contribution in [3.05, 3.63) is 23.0 Å². The number of rotatable bonds is 5. The third-order valence-corrected chi connectivity index (χ3v) is 2.68. The van der Waals surface area contributed by atoms with Gasteiger partial charge < -0.3 is 10.4 Å². The molecule has 1 unspecified atom stereocenters. The topological polar surface area (TPSA) is 92.2 Å². The lowest BCUT2D eigenvalue weighted by Crippen LogP contribution is -2.39. The number of hydrogen-bond acceptors (Lipinski definition) is 4. The van der Waals surface area contributed by atoms with E-state index in [-0.39, 0.29) is 22.7 Å². The quantitative estimate of drug-likeness (QED) is 0.869. The van der Waals surface area contributed by atoms with Gasteiger partial charge in [0.15, 0.2) is 10.8 Å². The molecule has 110 valence electrons. The highest BCUT2D eigenvalue weighted by atomic mass is 35.5. The molecule has 2 N–H and O–H groups in total. The second-order valence-corrected chi connectivity index (χ2v) is 6.16. The molecule has 6 nitrogen and oxygen atoms in total. The van der Waals surface area contributed by atoms with E-state index in [4.69, 9.17) is 16.7 Å².